The number of carbonyl (C=O) groups is 1. The van der Waals surface area contributed by atoms with Crippen LogP contribution in [0.3, 0.4) is 0 Å². The van der Waals surface area contributed by atoms with Crippen LogP contribution in [-0.4, -0.2) is 30.6 Å². The maximum atomic E-state index is 11.9. The van der Waals surface area contributed by atoms with E-state index in [1.54, 1.807) is 0 Å². The Hall–Kier alpha value is -2.53. The molecule has 2 aromatic carbocycles. The molecular weight excluding hydrogens is 452 g/mol. The third kappa shape index (κ3) is 8.85. The number of rotatable bonds is 14. The predicted octanol–water partition coefficient (Wildman–Crippen LogP) is 8.18. The molecule has 198 valence electrons. The molecule has 5 nitrogen and oxygen atoms in total. The molecule has 3 rings (SSSR count). The highest BCUT2D eigenvalue weighted by molar-refractivity contribution is 5.64. The average Bonchev–Trinajstić information content (AvgIpc) is 2.90. The summed E-state index contributed by atoms with van der Waals surface area (Å²) in [5, 5.41) is 11.3. The topological polar surface area (TPSA) is 65.0 Å². The van der Waals surface area contributed by atoms with Crippen LogP contribution in [0.4, 0.5) is 4.79 Å². The predicted molar refractivity (Wildman–Crippen MR) is 144 cm³/mol. The number of hydrogen-bond donors (Lipinski definition) is 1. The van der Waals surface area contributed by atoms with Gasteiger partial charge in [0, 0.05) is 0 Å². The molecule has 0 radical (unpaired) electrons. The van der Waals surface area contributed by atoms with Gasteiger partial charge in [-0.15, -0.1) is 0 Å². The molecule has 0 atom stereocenters. The first-order chi connectivity index (χ1) is 17.5. The molecule has 0 unspecified atom stereocenters. The van der Waals surface area contributed by atoms with E-state index in [1.165, 1.54) is 19.3 Å². The number of benzene rings is 2. The number of carbonyl (C=O) groups excluding carboxylic acids is 1. The monoisotopic (exact) mass is 496 g/mol. The lowest BCUT2D eigenvalue weighted by Gasteiger charge is -2.36. The summed E-state index contributed by atoms with van der Waals surface area (Å²) >= 11 is 0. The fourth-order valence-corrected chi connectivity index (χ4v) is 4.77. The Bertz CT molecular complexity index is 882. The van der Waals surface area contributed by atoms with Crippen molar-refractivity contribution >= 4 is 6.16 Å². The minimum Gasteiger partial charge on any atom is -0.494 e. The number of unbranched alkanes of at least 4 members (excludes halogenated alkanes) is 6. The van der Waals surface area contributed by atoms with E-state index >= 15 is 0 Å². The summed E-state index contributed by atoms with van der Waals surface area (Å²) in [5.74, 6) is 0.903. The van der Waals surface area contributed by atoms with Gasteiger partial charge in [-0.05, 0) is 67.3 Å². The van der Waals surface area contributed by atoms with Gasteiger partial charge in [0.2, 0.25) is 0 Å². The molecule has 0 saturated heterocycles. The summed E-state index contributed by atoms with van der Waals surface area (Å²) in [5.41, 5.74) is 2.25. The van der Waals surface area contributed by atoms with E-state index in [1.807, 2.05) is 24.3 Å². The Morgan fingerprint density at radius 1 is 0.806 bits per heavy atom. The lowest BCUT2D eigenvalue weighted by Crippen LogP contribution is -2.35. The van der Waals surface area contributed by atoms with E-state index in [2.05, 4.69) is 38.1 Å². The van der Waals surface area contributed by atoms with E-state index in [0.29, 0.717) is 32.3 Å². The highest BCUT2D eigenvalue weighted by Gasteiger charge is 2.36. The second-order valence-corrected chi connectivity index (χ2v) is 10.0. The van der Waals surface area contributed by atoms with Crippen LogP contribution < -0.4 is 4.74 Å². The van der Waals surface area contributed by atoms with Crippen LogP contribution in [0.1, 0.15) is 96.5 Å². The van der Waals surface area contributed by atoms with Crippen molar-refractivity contribution in [3.63, 3.8) is 0 Å². The van der Waals surface area contributed by atoms with E-state index in [9.17, 15) is 9.90 Å². The fourth-order valence-electron chi connectivity index (χ4n) is 4.77. The molecule has 0 aliphatic heterocycles. The Kier molecular flexibility index (Phi) is 11.6. The summed E-state index contributed by atoms with van der Waals surface area (Å²) in [6.45, 7) is 5.54. The fraction of sp³-hybridized carbons (Fsp3) is 0.581. The smallest absolute Gasteiger partial charge is 0.494 e. The normalized spacial score (nSPS) is 19.6. The summed E-state index contributed by atoms with van der Waals surface area (Å²) in [7, 11) is 0. The first-order valence-corrected chi connectivity index (χ1v) is 13.9. The third-order valence-electron chi connectivity index (χ3n) is 7.12. The van der Waals surface area contributed by atoms with Crippen molar-refractivity contribution in [2.24, 2.45) is 0 Å². The summed E-state index contributed by atoms with van der Waals surface area (Å²) in [4.78, 5) is 11.9. The van der Waals surface area contributed by atoms with Crippen molar-refractivity contribution < 1.29 is 24.1 Å². The minimum atomic E-state index is -0.891. The molecule has 1 fully saturated rings. The van der Waals surface area contributed by atoms with Gasteiger partial charge in [0.25, 0.3) is 0 Å². The molecule has 0 amide bonds. The van der Waals surface area contributed by atoms with Crippen molar-refractivity contribution in [1.29, 1.82) is 0 Å². The molecule has 1 N–H and O–H groups in total. The van der Waals surface area contributed by atoms with Crippen molar-refractivity contribution in [3.05, 3.63) is 54.1 Å². The van der Waals surface area contributed by atoms with Gasteiger partial charge < -0.3 is 19.3 Å². The molecule has 0 aromatic heterocycles. The van der Waals surface area contributed by atoms with Gasteiger partial charge in [0.15, 0.2) is 0 Å². The first-order valence-electron chi connectivity index (χ1n) is 13.9. The number of aliphatic hydroxyl groups is 1. The maximum absolute atomic E-state index is 11.9. The SMILES string of the molecule is CCCCCCOC(=O)OC1CCC(O)(c2ccc(-c3ccc(OCCCCCC)cc3)cc2)CC1. The molecule has 2 aromatic rings. The molecule has 5 heteroatoms. The first kappa shape index (κ1) is 28.0. The molecule has 0 heterocycles. The van der Waals surface area contributed by atoms with Gasteiger partial charge in [-0.3, -0.25) is 0 Å². The highest BCUT2D eigenvalue weighted by Crippen LogP contribution is 2.39. The third-order valence-corrected chi connectivity index (χ3v) is 7.12. The molecule has 0 bridgehead atoms. The summed E-state index contributed by atoms with van der Waals surface area (Å²) in [6.07, 6.45) is 10.6. The van der Waals surface area contributed by atoms with E-state index in [4.69, 9.17) is 14.2 Å². The zero-order valence-corrected chi connectivity index (χ0v) is 22.2. The lowest BCUT2D eigenvalue weighted by atomic mass is 9.78. The highest BCUT2D eigenvalue weighted by atomic mass is 16.7. The summed E-state index contributed by atoms with van der Waals surface area (Å²) < 4.78 is 16.5. The van der Waals surface area contributed by atoms with E-state index < -0.39 is 11.8 Å². The van der Waals surface area contributed by atoms with Crippen molar-refractivity contribution in [3.8, 4) is 16.9 Å². The van der Waals surface area contributed by atoms with Gasteiger partial charge in [-0.25, -0.2) is 4.79 Å². The second kappa shape index (κ2) is 14.9. The number of ether oxygens (including phenoxy) is 3. The van der Waals surface area contributed by atoms with Crippen molar-refractivity contribution in [2.75, 3.05) is 13.2 Å². The van der Waals surface area contributed by atoms with Gasteiger partial charge in [-0.1, -0.05) is 88.8 Å². The van der Waals surface area contributed by atoms with E-state index in [-0.39, 0.29) is 6.10 Å². The lowest BCUT2D eigenvalue weighted by molar-refractivity contribution is -0.0538. The summed E-state index contributed by atoms with van der Waals surface area (Å²) in [6, 6.07) is 16.4. The van der Waals surface area contributed by atoms with Crippen LogP contribution in [0.15, 0.2) is 48.5 Å². The Balaban J connectivity index is 1.44. The minimum absolute atomic E-state index is 0.194. The van der Waals surface area contributed by atoms with Gasteiger partial charge in [0.05, 0.1) is 18.8 Å². The maximum Gasteiger partial charge on any atom is 0.508 e. The zero-order valence-electron chi connectivity index (χ0n) is 22.2. The largest absolute Gasteiger partial charge is 0.508 e. The number of hydrogen-bond acceptors (Lipinski definition) is 5. The molecule has 0 spiro atoms. The van der Waals surface area contributed by atoms with Gasteiger partial charge in [0.1, 0.15) is 11.9 Å². The van der Waals surface area contributed by atoms with Gasteiger partial charge >= 0.3 is 6.16 Å². The van der Waals surface area contributed by atoms with E-state index in [0.717, 1.165) is 61.2 Å². The van der Waals surface area contributed by atoms with Crippen LogP contribution in [0.2, 0.25) is 0 Å². The average molecular weight is 497 g/mol. The quantitative estimate of drug-likeness (QED) is 0.211. The van der Waals surface area contributed by atoms with Gasteiger partial charge in [-0.2, -0.15) is 0 Å². The molecule has 36 heavy (non-hydrogen) atoms. The van der Waals surface area contributed by atoms with Crippen LogP contribution >= 0.6 is 0 Å². The molecule has 1 saturated carbocycles. The second-order valence-electron chi connectivity index (χ2n) is 10.0. The zero-order chi connectivity index (χ0) is 25.6. The molecule has 1 aliphatic carbocycles. The van der Waals surface area contributed by atoms with Crippen molar-refractivity contribution in [1.82, 2.24) is 0 Å². The Labute approximate surface area is 217 Å². The Morgan fingerprint density at radius 2 is 1.36 bits per heavy atom. The van der Waals surface area contributed by atoms with Crippen LogP contribution in [-0.2, 0) is 15.1 Å². The van der Waals surface area contributed by atoms with Crippen LogP contribution in [0.25, 0.3) is 11.1 Å². The molecule has 1 aliphatic rings. The van der Waals surface area contributed by atoms with Crippen LogP contribution in [0.5, 0.6) is 5.75 Å². The molecular formula is C31H44O5. The van der Waals surface area contributed by atoms with Crippen molar-refractivity contribution in [2.45, 2.75) is 103 Å². The standard InChI is InChI=1S/C31H44O5/c1-3-5-7-9-23-34-28-17-13-26(14-18-28)25-11-15-27(16-12-25)31(33)21-19-29(20-22-31)36-30(32)35-24-10-8-6-4-2/h11-18,29,33H,3-10,19-24H2,1-2H3. The Morgan fingerprint density at radius 3 is 1.94 bits per heavy atom. The van der Waals surface area contributed by atoms with Crippen LogP contribution in [0, 0.1) is 0 Å².